The van der Waals surface area contributed by atoms with Crippen molar-refractivity contribution in [2.24, 2.45) is 0 Å². The van der Waals surface area contributed by atoms with E-state index in [1.807, 2.05) is 37.3 Å². The van der Waals surface area contributed by atoms with Crippen molar-refractivity contribution in [3.05, 3.63) is 64.7 Å². The lowest BCUT2D eigenvalue weighted by Gasteiger charge is -2.26. The molecule has 1 atom stereocenters. The van der Waals surface area contributed by atoms with Crippen LogP contribution < -0.4 is 5.32 Å². The van der Waals surface area contributed by atoms with Crippen LogP contribution >= 0.6 is 11.6 Å². The van der Waals surface area contributed by atoms with E-state index in [-0.39, 0.29) is 21.4 Å². The molecule has 28 heavy (non-hydrogen) atoms. The van der Waals surface area contributed by atoms with Gasteiger partial charge in [-0.2, -0.15) is 4.31 Å². The summed E-state index contributed by atoms with van der Waals surface area (Å²) >= 11 is 6.17. The fourth-order valence-electron chi connectivity index (χ4n) is 3.02. The Balaban J connectivity index is 1.74. The number of sulfonamides is 1. The molecule has 3 rings (SSSR count). The number of amides is 1. The third-order valence-corrected chi connectivity index (χ3v) is 6.95. The number of nitrogens with one attached hydrogen (secondary N) is 1. The molecule has 0 bridgehead atoms. The fourth-order valence-corrected chi connectivity index (χ4v) is 4.65. The van der Waals surface area contributed by atoms with E-state index in [9.17, 15) is 13.2 Å². The van der Waals surface area contributed by atoms with Gasteiger partial charge in [-0.05, 0) is 29.7 Å². The number of hydrogen-bond acceptors (Lipinski definition) is 4. The van der Waals surface area contributed by atoms with Gasteiger partial charge in [0.1, 0.15) is 0 Å². The Hall–Kier alpha value is -1.93. The predicted molar refractivity (Wildman–Crippen MR) is 108 cm³/mol. The lowest BCUT2D eigenvalue weighted by Crippen LogP contribution is -2.40. The summed E-state index contributed by atoms with van der Waals surface area (Å²) in [5.74, 6) is -0.281. The predicted octanol–water partition coefficient (Wildman–Crippen LogP) is 2.89. The normalized spacial score (nSPS) is 16.5. The van der Waals surface area contributed by atoms with E-state index in [1.54, 1.807) is 0 Å². The first kappa shape index (κ1) is 20.8. The van der Waals surface area contributed by atoms with E-state index in [0.29, 0.717) is 32.8 Å². The van der Waals surface area contributed by atoms with Crippen LogP contribution in [0.5, 0.6) is 0 Å². The number of carbonyl (C=O) groups is 1. The van der Waals surface area contributed by atoms with Crippen LogP contribution in [0, 0.1) is 0 Å². The molecule has 0 unspecified atom stereocenters. The molecule has 1 amide bonds. The summed E-state index contributed by atoms with van der Waals surface area (Å²) in [5.41, 5.74) is 1.26. The zero-order valence-corrected chi connectivity index (χ0v) is 17.2. The first-order chi connectivity index (χ1) is 13.4. The molecule has 0 radical (unpaired) electrons. The van der Waals surface area contributed by atoms with Crippen molar-refractivity contribution in [1.82, 2.24) is 9.62 Å². The number of nitrogens with zero attached hydrogens (tertiary/aromatic N) is 1. The van der Waals surface area contributed by atoms with Gasteiger partial charge in [0.2, 0.25) is 10.0 Å². The highest BCUT2D eigenvalue weighted by Crippen LogP contribution is 2.24. The molecule has 1 heterocycles. The van der Waals surface area contributed by atoms with E-state index < -0.39 is 15.9 Å². The van der Waals surface area contributed by atoms with Crippen molar-refractivity contribution in [3.63, 3.8) is 0 Å². The van der Waals surface area contributed by atoms with Crippen LogP contribution in [0.2, 0.25) is 5.02 Å². The summed E-state index contributed by atoms with van der Waals surface area (Å²) in [6, 6.07) is 14.1. The van der Waals surface area contributed by atoms with Gasteiger partial charge >= 0.3 is 0 Å². The molecule has 0 aromatic heterocycles. The zero-order chi connectivity index (χ0) is 20.1. The van der Waals surface area contributed by atoms with Crippen LogP contribution in [0.4, 0.5) is 0 Å². The van der Waals surface area contributed by atoms with Gasteiger partial charge < -0.3 is 10.1 Å². The van der Waals surface area contributed by atoms with Gasteiger partial charge in [0.15, 0.2) is 0 Å². The number of carbonyl (C=O) groups excluding carboxylic acids is 1. The quantitative estimate of drug-likeness (QED) is 0.776. The van der Waals surface area contributed by atoms with Gasteiger partial charge in [0, 0.05) is 19.6 Å². The largest absolute Gasteiger partial charge is 0.379 e. The molecule has 1 N–H and O–H groups in total. The molecule has 0 spiro atoms. The number of hydrogen-bond donors (Lipinski definition) is 1. The number of morpholine rings is 1. The Morgan fingerprint density at radius 1 is 1.18 bits per heavy atom. The third-order valence-electron chi connectivity index (χ3n) is 4.73. The van der Waals surface area contributed by atoms with Crippen molar-refractivity contribution < 1.29 is 17.9 Å². The maximum absolute atomic E-state index is 12.8. The van der Waals surface area contributed by atoms with E-state index >= 15 is 0 Å². The van der Waals surface area contributed by atoms with E-state index in [4.69, 9.17) is 16.3 Å². The molecule has 0 saturated carbocycles. The van der Waals surface area contributed by atoms with Gasteiger partial charge in [-0.3, -0.25) is 4.79 Å². The first-order valence-corrected chi connectivity index (χ1v) is 10.9. The first-order valence-electron chi connectivity index (χ1n) is 9.10. The molecule has 1 fully saturated rings. The fraction of sp³-hybridized carbons (Fsp3) is 0.350. The van der Waals surface area contributed by atoms with Crippen LogP contribution in [0.1, 0.15) is 28.8 Å². The standard InChI is InChI=1S/C20H23ClN2O4S/c1-15(16-5-3-2-4-6-16)14-22-20(24)18-13-17(7-8-19(18)21)28(25,26)23-9-11-27-12-10-23/h2-8,13,15H,9-12,14H2,1H3,(H,22,24)/t15-/m0/s1. The molecule has 0 aliphatic carbocycles. The van der Waals surface area contributed by atoms with Crippen LogP contribution in [0.25, 0.3) is 0 Å². The smallest absolute Gasteiger partial charge is 0.252 e. The van der Waals surface area contributed by atoms with Gasteiger partial charge in [-0.15, -0.1) is 0 Å². The molecule has 2 aromatic rings. The van der Waals surface area contributed by atoms with Crippen molar-refractivity contribution >= 4 is 27.5 Å². The van der Waals surface area contributed by atoms with Gasteiger partial charge in [0.05, 0.1) is 28.7 Å². The average Bonchev–Trinajstić information content (AvgIpc) is 2.73. The molecule has 1 saturated heterocycles. The summed E-state index contributed by atoms with van der Waals surface area (Å²) in [7, 11) is -3.69. The molecule has 2 aromatic carbocycles. The Bertz CT molecular complexity index is 928. The summed E-state index contributed by atoms with van der Waals surface area (Å²) in [5, 5.41) is 3.06. The van der Waals surface area contributed by atoms with E-state index in [2.05, 4.69) is 5.32 Å². The molecule has 150 valence electrons. The summed E-state index contributed by atoms with van der Waals surface area (Å²) < 4.78 is 32.2. The molecule has 1 aliphatic rings. The monoisotopic (exact) mass is 422 g/mol. The topological polar surface area (TPSA) is 75.7 Å². The van der Waals surface area contributed by atoms with Gasteiger partial charge in [0.25, 0.3) is 5.91 Å². The summed E-state index contributed by atoms with van der Waals surface area (Å²) in [6.07, 6.45) is 0. The Labute approximate surface area is 170 Å². The Morgan fingerprint density at radius 3 is 2.54 bits per heavy atom. The molecule has 6 nitrogen and oxygen atoms in total. The van der Waals surface area contributed by atoms with Crippen LogP contribution in [-0.2, 0) is 14.8 Å². The SMILES string of the molecule is C[C@@H](CNC(=O)c1cc(S(=O)(=O)N2CCOCC2)ccc1Cl)c1ccccc1. The second-order valence-electron chi connectivity index (χ2n) is 6.68. The second kappa shape index (κ2) is 9.05. The van der Waals surface area contributed by atoms with Gasteiger partial charge in [-0.25, -0.2) is 8.42 Å². The Morgan fingerprint density at radius 2 is 1.86 bits per heavy atom. The minimum absolute atomic E-state index is 0.0556. The highest BCUT2D eigenvalue weighted by atomic mass is 35.5. The molecule has 1 aliphatic heterocycles. The van der Waals surface area contributed by atoms with Crippen molar-refractivity contribution in [3.8, 4) is 0 Å². The van der Waals surface area contributed by atoms with E-state index in [0.717, 1.165) is 5.56 Å². The van der Waals surface area contributed by atoms with E-state index in [1.165, 1.54) is 22.5 Å². The van der Waals surface area contributed by atoms with Crippen molar-refractivity contribution in [1.29, 1.82) is 0 Å². The molecular formula is C20H23ClN2O4S. The number of benzene rings is 2. The number of halogens is 1. The zero-order valence-electron chi connectivity index (χ0n) is 15.6. The third kappa shape index (κ3) is 4.72. The summed E-state index contributed by atoms with van der Waals surface area (Å²) in [4.78, 5) is 12.7. The number of ether oxygens (including phenoxy) is 1. The second-order valence-corrected chi connectivity index (χ2v) is 9.03. The maximum Gasteiger partial charge on any atom is 0.252 e. The van der Waals surface area contributed by atoms with Crippen molar-refractivity contribution in [2.75, 3.05) is 32.8 Å². The minimum Gasteiger partial charge on any atom is -0.379 e. The molecular weight excluding hydrogens is 400 g/mol. The minimum atomic E-state index is -3.69. The Kier molecular flexibility index (Phi) is 6.72. The summed E-state index contributed by atoms with van der Waals surface area (Å²) in [6.45, 7) is 3.73. The van der Waals surface area contributed by atoms with Crippen LogP contribution in [0.15, 0.2) is 53.4 Å². The lowest BCUT2D eigenvalue weighted by atomic mass is 10.0. The van der Waals surface area contributed by atoms with Crippen LogP contribution in [0.3, 0.4) is 0 Å². The highest BCUT2D eigenvalue weighted by Gasteiger charge is 2.27. The maximum atomic E-state index is 12.8. The number of rotatable bonds is 6. The highest BCUT2D eigenvalue weighted by molar-refractivity contribution is 7.89. The lowest BCUT2D eigenvalue weighted by molar-refractivity contribution is 0.0730. The van der Waals surface area contributed by atoms with Crippen LogP contribution in [-0.4, -0.2) is 51.5 Å². The molecule has 8 heteroatoms. The average molecular weight is 423 g/mol. The van der Waals surface area contributed by atoms with Gasteiger partial charge in [-0.1, -0.05) is 48.9 Å². The van der Waals surface area contributed by atoms with Crippen molar-refractivity contribution in [2.45, 2.75) is 17.7 Å².